The molecule has 9 heteroatoms. The summed E-state index contributed by atoms with van der Waals surface area (Å²) in [5.41, 5.74) is -0.648. The van der Waals surface area contributed by atoms with Crippen LogP contribution in [0.2, 0.25) is 0 Å². The summed E-state index contributed by atoms with van der Waals surface area (Å²) in [4.78, 5) is 32.9. The second-order valence-electron chi connectivity index (χ2n) is 7.70. The smallest absolute Gasteiger partial charge is 0.293 e. The van der Waals surface area contributed by atoms with Gasteiger partial charge in [0.1, 0.15) is 11.3 Å². The number of hydrogen-bond donors (Lipinski definition) is 1. The molecule has 138 valence electrons. The van der Waals surface area contributed by atoms with Crippen molar-refractivity contribution in [2.24, 2.45) is 7.05 Å². The van der Waals surface area contributed by atoms with Gasteiger partial charge in [-0.05, 0) is 19.9 Å². The van der Waals surface area contributed by atoms with Crippen molar-refractivity contribution in [2.45, 2.75) is 25.0 Å². The minimum absolute atomic E-state index is 0.0922. The molecule has 0 aromatic carbocycles. The van der Waals surface area contributed by atoms with Crippen molar-refractivity contribution in [3.05, 3.63) is 40.7 Å². The Kier molecular flexibility index (Phi) is 3.65. The van der Waals surface area contributed by atoms with Gasteiger partial charge in [0.2, 0.25) is 0 Å². The number of aryl methyl sites for hydroxylation is 1. The summed E-state index contributed by atoms with van der Waals surface area (Å²) in [6, 6.07) is 1.67. The molecule has 1 amide bonds. The van der Waals surface area contributed by atoms with Gasteiger partial charge < -0.3 is 19.1 Å². The molecule has 2 aliphatic heterocycles. The number of morpholine rings is 1. The first-order valence-electron chi connectivity index (χ1n) is 8.54. The number of rotatable bonds is 2. The number of H-pyrrole nitrogens is 1. The molecule has 0 saturated carbocycles. The highest BCUT2D eigenvalue weighted by Gasteiger charge is 2.53. The molecule has 2 aromatic rings. The van der Waals surface area contributed by atoms with Crippen molar-refractivity contribution >= 4 is 11.7 Å². The Labute approximate surface area is 150 Å². The Hall–Kier alpha value is -2.68. The number of ether oxygens (including phenoxy) is 1. The molecular weight excluding hydrogens is 336 g/mol. The lowest BCUT2D eigenvalue weighted by atomic mass is 9.88. The Bertz CT molecular complexity index is 882. The van der Waals surface area contributed by atoms with Gasteiger partial charge in [0, 0.05) is 32.2 Å². The van der Waals surface area contributed by atoms with E-state index in [1.807, 2.05) is 18.7 Å². The predicted octanol–water partition coefficient (Wildman–Crippen LogP) is 0.0134. The molecule has 2 fully saturated rings. The van der Waals surface area contributed by atoms with Gasteiger partial charge in [-0.1, -0.05) is 0 Å². The first kappa shape index (κ1) is 16.8. The van der Waals surface area contributed by atoms with Gasteiger partial charge in [0.15, 0.2) is 5.82 Å². The van der Waals surface area contributed by atoms with Crippen LogP contribution in [0.4, 0.5) is 5.82 Å². The van der Waals surface area contributed by atoms with E-state index in [0.29, 0.717) is 37.7 Å². The summed E-state index contributed by atoms with van der Waals surface area (Å²) in [6.07, 6.45) is 4.81. The average Bonchev–Trinajstić information content (AvgIpc) is 3.07. The molecule has 2 aromatic heterocycles. The van der Waals surface area contributed by atoms with Gasteiger partial charge >= 0.3 is 0 Å². The van der Waals surface area contributed by atoms with Gasteiger partial charge in [-0.2, -0.15) is 5.10 Å². The van der Waals surface area contributed by atoms with Crippen molar-refractivity contribution in [3.8, 4) is 0 Å². The summed E-state index contributed by atoms with van der Waals surface area (Å²) >= 11 is 0. The van der Waals surface area contributed by atoms with Crippen LogP contribution in [-0.4, -0.2) is 67.9 Å². The lowest BCUT2D eigenvalue weighted by Crippen LogP contribution is -2.74. The average molecular weight is 358 g/mol. The third kappa shape index (κ3) is 2.78. The SMILES string of the molecule is Cn1ccnc(N2CC3(CN(C(=O)c4ccn[nH]4)CC(C)(C)O3)C2)c1=O. The maximum atomic E-state index is 12.7. The maximum Gasteiger partial charge on any atom is 0.293 e. The first-order valence-corrected chi connectivity index (χ1v) is 8.54. The largest absolute Gasteiger partial charge is 0.362 e. The molecular formula is C17H22N6O3. The second-order valence-corrected chi connectivity index (χ2v) is 7.70. The van der Waals surface area contributed by atoms with Crippen LogP contribution < -0.4 is 10.5 Å². The number of carbonyl (C=O) groups excluding carboxylic acids is 1. The van der Waals surface area contributed by atoms with E-state index in [2.05, 4.69) is 15.2 Å². The topological polar surface area (TPSA) is 96.4 Å². The first-order chi connectivity index (χ1) is 12.3. The summed E-state index contributed by atoms with van der Waals surface area (Å²) in [7, 11) is 1.70. The predicted molar refractivity (Wildman–Crippen MR) is 94.1 cm³/mol. The third-order valence-corrected chi connectivity index (χ3v) is 4.82. The highest BCUT2D eigenvalue weighted by atomic mass is 16.5. The van der Waals surface area contributed by atoms with E-state index in [1.165, 1.54) is 4.57 Å². The van der Waals surface area contributed by atoms with Crippen LogP contribution in [0.25, 0.3) is 0 Å². The number of nitrogens with one attached hydrogen (secondary N) is 1. The number of hydrogen-bond acceptors (Lipinski definition) is 6. The van der Waals surface area contributed by atoms with Crippen LogP contribution in [0.5, 0.6) is 0 Å². The number of aromatic nitrogens is 4. The normalized spacial score (nSPS) is 20.9. The van der Waals surface area contributed by atoms with Crippen LogP contribution in [0.15, 0.2) is 29.5 Å². The molecule has 2 saturated heterocycles. The van der Waals surface area contributed by atoms with Crippen molar-refractivity contribution in [2.75, 3.05) is 31.1 Å². The van der Waals surface area contributed by atoms with Crippen molar-refractivity contribution in [1.82, 2.24) is 24.6 Å². The standard InChI is InChI=1S/C17H22N6O3/c1-16(2)8-23(14(24)12-4-5-19-20-12)11-17(26-16)9-22(10-17)13-15(25)21(3)7-6-18-13/h4-7H,8-11H2,1-3H3,(H,19,20). The van der Waals surface area contributed by atoms with Crippen molar-refractivity contribution in [1.29, 1.82) is 0 Å². The zero-order valence-electron chi connectivity index (χ0n) is 15.1. The summed E-state index contributed by atoms with van der Waals surface area (Å²) < 4.78 is 7.83. The second kappa shape index (κ2) is 5.66. The Morgan fingerprint density at radius 2 is 2.00 bits per heavy atom. The minimum Gasteiger partial charge on any atom is -0.362 e. The Morgan fingerprint density at radius 3 is 2.69 bits per heavy atom. The zero-order chi connectivity index (χ0) is 18.5. The number of aromatic amines is 1. The van der Waals surface area contributed by atoms with Gasteiger partial charge in [0.05, 0.1) is 25.2 Å². The highest BCUT2D eigenvalue weighted by molar-refractivity contribution is 5.92. The number of anilines is 1. The monoisotopic (exact) mass is 358 g/mol. The fraction of sp³-hybridized carbons (Fsp3) is 0.529. The molecule has 0 bridgehead atoms. The maximum absolute atomic E-state index is 12.7. The molecule has 0 radical (unpaired) electrons. The van der Waals surface area contributed by atoms with Crippen molar-refractivity contribution in [3.63, 3.8) is 0 Å². The highest BCUT2D eigenvalue weighted by Crippen LogP contribution is 2.37. The molecule has 0 unspecified atom stereocenters. The van der Waals surface area contributed by atoms with Crippen LogP contribution in [0, 0.1) is 0 Å². The molecule has 9 nitrogen and oxygen atoms in total. The summed E-state index contributed by atoms with van der Waals surface area (Å²) in [6.45, 7) is 5.97. The van der Waals surface area contributed by atoms with E-state index >= 15 is 0 Å². The molecule has 1 spiro atoms. The fourth-order valence-electron chi connectivity index (χ4n) is 3.87. The number of carbonyl (C=O) groups is 1. The van der Waals surface area contributed by atoms with Gasteiger partial charge in [-0.3, -0.25) is 14.7 Å². The fourth-order valence-corrected chi connectivity index (χ4v) is 3.87. The third-order valence-electron chi connectivity index (χ3n) is 4.82. The van der Waals surface area contributed by atoms with Crippen LogP contribution >= 0.6 is 0 Å². The molecule has 26 heavy (non-hydrogen) atoms. The number of amides is 1. The number of nitrogens with zero attached hydrogens (tertiary/aromatic N) is 5. The summed E-state index contributed by atoms with van der Waals surface area (Å²) in [5, 5.41) is 6.58. The molecule has 4 rings (SSSR count). The molecule has 2 aliphatic rings. The van der Waals surface area contributed by atoms with Gasteiger partial charge in [-0.15, -0.1) is 0 Å². The van der Waals surface area contributed by atoms with E-state index in [0.717, 1.165) is 0 Å². The molecule has 0 aliphatic carbocycles. The van der Waals surface area contributed by atoms with Gasteiger partial charge in [-0.25, -0.2) is 4.98 Å². The summed E-state index contributed by atoms with van der Waals surface area (Å²) in [5.74, 6) is 0.324. The van der Waals surface area contributed by atoms with E-state index in [1.54, 1.807) is 36.6 Å². The molecule has 4 heterocycles. The van der Waals surface area contributed by atoms with Crippen molar-refractivity contribution < 1.29 is 9.53 Å². The molecule has 1 N–H and O–H groups in total. The van der Waals surface area contributed by atoms with Crippen LogP contribution in [0.1, 0.15) is 24.3 Å². The van der Waals surface area contributed by atoms with E-state index in [4.69, 9.17) is 4.74 Å². The Morgan fingerprint density at radius 1 is 1.23 bits per heavy atom. The lowest BCUT2D eigenvalue weighted by molar-refractivity contribution is -0.198. The van der Waals surface area contributed by atoms with E-state index in [9.17, 15) is 9.59 Å². The van der Waals surface area contributed by atoms with Gasteiger partial charge in [0.25, 0.3) is 11.5 Å². The van der Waals surface area contributed by atoms with E-state index < -0.39 is 11.2 Å². The van der Waals surface area contributed by atoms with Crippen LogP contribution in [-0.2, 0) is 11.8 Å². The zero-order valence-corrected chi connectivity index (χ0v) is 15.1. The minimum atomic E-state index is -0.500. The van der Waals surface area contributed by atoms with E-state index in [-0.39, 0.29) is 11.5 Å². The van der Waals surface area contributed by atoms with Crippen LogP contribution in [0.3, 0.4) is 0 Å². The molecule has 0 atom stereocenters. The lowest BCUT2D eigenvalue weighted by Gasteiger charge is -2.58. The Balaban J connectivity index is 1.55. The quantitative estimate of drug-likeness (QED) is 0.813.